The van der Waals surface area contributed by atoms with E-state index in [4.69, 9.17) is 0 Å². The van der Waals surface area contributed by atoms with Gasteiger partial charge < -0.3 is 5.32 Å². The number of benzene rings is 1. The topological polar surface area (TPSA) is 55.1 Å². The summed E-state index contributed by atoms with van der Waals surface area (Å²) in [6.45, 7) is 1.56. The molecule has 0 aliphatic rings. The first-order chi connectivity index (χ1) is 10.8. The van der Waals surface area contributed by atoms with Crippen molar-refractivity contribution in [2.45, 2.75) is 19.6 Å². The number of halogens is 4. The molecule has 9 heteroatoms. The fourth-order valence-electron chi connectivity index (χ4n) is 2.14. The van der Waals surface area contributed by atoms with E-state index in [2.05, 4.69) is 20.6 Å². The first kappa shape index (κ1) is 15.2. The number of nitrogens with zero attached hydrogens (tertiary/aromatic N) is 4. The highest BCUT2D eigenvalue weighted by Crippen LogP contribution is 2.32. The number of hydrogen-bond acceptors (Lipinski definition) is 4. The fraction of sp³-hybridized carbons (Fsp3) is 0.214. The molecule has 0 amide bonds. The minimum absolute atomic E-state index is 0.0683. The number of rotatable bonds is 3. The van der Waals surface area contributed by atoms with Gasteiger partial charge in [0.05, 0.1) is 5.56 Å². The lowest BCUT2D eigenvalue weighted by Gasteiger charge is -2.14. The Hall–Kier alpha value is -2.71. The molecule has 3 rings (SSSR count). The molecule has 0 atom stereocenters. The Labute approximate surface area is 128 Å². The highest BCUT2D eigenvalue weighted by atomic mass is 19.4. The van der Waals surface area contributed by atoms with Gasteiger partial charge in [-0.05, 0) is 36.8 Å². The van der Waals surface area contributed by atoms with Crippen LogP contribution in [0.1, 0.15) is 17.0 Å². The monoisotopic (exact) mass is 325 g/mol. The summed E-state index contributed by atoms with van der Waals surface area (Å²) in [6.07, 6.45) is -4.62. The zero-order chi connectivity index (χ0) is 16.6. The minimum atomic E-state index is -4.62. The minimum Gasteiger partial charge on any atom is -0.365 e. The van der Waals surface area contributed by atoms with Crippen LogP contribution in [0.5, 0.6) is 0 Å². The SMILES string of the molecule is Cc1nnc2ccc(NCc3ccc(F)cc3C(F)(F)F)nn12. The van der Waals surface area contributed by atoms with Crippen molar-refractivity contribution in [3.05, 3.63) is 53.1 Å². The van der Waals surface area contributed by atoms with E-state index in [-0.39, 0.29) is 12.1 Å². The lowest BCUT2D eigenvalue weighted by molar-refractivity contribution is -0.138. The molecule has 120 valence electrons. The molecule has 0 spiro atoms. The largest absolute Gasteiger partial charge is 0.416 e. The maximum Gasteiger partial charge on any atom is 0.416 e. The van der Waals surface area contributed by atoms with Gasteiger partial charge in [-0.2, -0.15) is 17.7 Å². The van der Waals surface area contributed by atoms with Gasteiger partial charge in [0, 0.05) is 6.54 Å². The summed E-state index contributed by atoms with van der Waals surface area (Å²) in [7, 11) is 0. The number of nitrogens with one attached hydrogen (secondary N) is 1. The smallest absolute Gasteiger partial charge is 0.365 e. The second kappa shape index (κ2) is 5.49. The summed E-state index contributed by atoms with van der Waals surface area (Å²) in [6, 6.07) is 5.81. The van der Waals surface area contributed by atoms with Crippen LogP contribution in [-0.4, -0.2) is 19.8 Å². The molecule has 0 radical (unpaired) electrons. The van der Waals surface area contributed by atoms with Crippen LogP contribution in [0.2, 0.25) is 0 Å². The second-order valence-corrected chi connectivity index (χ2v) is 4.89. The summed E-state index contributed by atoms with van der Waals surface area (Å²) < 4.78 is 53.4. The van der Waals surface area contributed by atoms with Crippen LogP contribution >= 0.6 is 0 Å². The predicted octanol–water partition coefficient (Wildman–Crippen LogP) is 3.20. The van der Waals surface area contributed by atoms with E-state index in [1.54, 1.807) is 19.1 Å². The van der Waals surface area contributed by atoms with Crippen molar-refractivity contribution in [2.24, 2.45) is 0 Å². The third-order valence-electron chi connectivity index (χ3n) is 3.26. The molecule has 0 fully saturated rings. The summed E-state index contributed by atoms with van der Waals surface area (Å²) >= 11 is 0. The number of aryl methyl sites for hydroxylation is 1. The highest BCUT2D eigenvalue weighted by Gasteiger charge is 2.33. The molecule has 1 N–H and O–H groups in total. The van der Waals surface area contributed by atoms with Crippen LogP contribution in [0.3, 0.4) is 0 Å². The van der Waals surface area contributed by atoms with E-state index in [9.17, 15) is 17.6 Å². The van der Waals surface area contributed by atoms with Gasteiger partial charge in [-0.15, -0.1) is 15.3 Å². The van der Waals surface area contributed by atoms with Crippen LogP contribution in [-0.2, 0) is 12.7 Å². The maximum absolute atomic E-state index is 13.1. The Kier molecular flexibility index (Phi) is 3.63. The van der Waals surface area contributed by atoms with Crippen LogP contribution in [0.25, 0.3) is 5.65 Å². The average Bonchev–Trinajstić information content (AvgIpc) is 2.86. The summed E-state index contributed by atoms with van der Waals surface area (Å²) in [5.74, 6) is -0.0139. The van der Waals surface area contributed by atoms with Gasteiger partial charge in [0.2, 0.25) is 0 Å². The molecule has 0 unspecified atom stereocenters. The average molecular weight is 325 g/mol. The van der Waals surface area contributed by atoms with Crippen LogP contribution in [0.4, 0.5) is 23.4 Å². The molecule has 2 heterocycles. The summed E-state index contributed by atoms with van der Waals surface area (Å²) in [5.41, 5.74) is -0.543. The zero-order valence-corrected chi connectivity index (χ0v) is 11.9. The van der Waals surface area contributed by atoms with Crippen LogP contribution < -0.4 is 5.32 Å². The molecule has 1 aromatic carbocycles. The molecule has 3 aromatic rings. The molecule has 0 bridgehead atoms. The van der Waals surface area contributed by atoms with E-state index in [1.165, 1.54) is 4.52 Å². The van der Waals surface area contributed by atoms with Crippen LogP contribution in [0, 0.1) is 12.7 Å². The molecule has 2 aromatic heterocycles. The van der Waals surface area contributed by atoms with Gasteiger partial charge in [-0.25, -0.2) is 4.39 Å². The van der Waals surface area contributed by atoms with Gasteiger partial charge in [-0.3, -0.25) is 0 Å². The van der Waals surface area contributed by atoms with Crippen molar-refractivity contribution in [1.29, 1.82) is 0 Å². The third-order valence-corrected chi connectivity index (χ3v) is 3.26. The Morgan fingerprint density at radius 3 is 2.65 bits per heavy atom. The maximum atomic E-state index is 13.1. The number of anilines is 1. The normalized spacial score (nSPS) is 11.9. The van der Waals surface area contributed by atoms with E-state index in [1.807, 2.05) is 0 Å². The Bertz CT molecular complexity index is 856. The van der Waals surface area contributed by atoms with E-state index in [0.717, 1.165) is 12.1 Å². The number of hydrogen-bond donors (Lipinski definition) is 1. The highest BCUT2D eigenvalue weighted by molar-refractivity contribution is 5.44. The predicted molar refractivity (Wildman–Crippen MR) is 74.2 cm³/mol. The lowest BCUT2D eigenvalue weighted by Crippen LogP contribution is -2.13. The second-order valence-electron chi connectivity index (χ2n) is 4.89. The summed E-state index contributed by atoms with van der Waals surface area (Å²) in [5, 5.41) is 14.7. The Morgan fingerprint density at radius 2 is 1.91 bits per heavy atom. The molecule has 0 aliphatic heterocycles. The van der Waals surface area contributed by atoms with Gasteiger partial charge in [-0.1, -0.05) is 6.07 Å². The van der Waals surface area contributed by atoms with E-state index < -0.39 is 17.6 Å². The fourth-order valence-corrected chi connectivity index (χ4v) is 2.14. The molecular formula is C14H11F4N5. The van der Waals surface area contributed by atoms with Crippen molar-refractivity contribution in [3.63, 3.8) is 0 Å². The van der Waals surface area contributed by atoms with Crippen molar-refractivity contribution < 1.29 is 17.6 Å². The first-order valence-corrected chi connectivity index (χ1v) is 6.63. The quantitative estimate of drug-likeness (QED) is 0.751. The molecule has 0 saturated heterocycles. The number of fused-ring (bicyclic) bond motifs is 1. The molecule has 23 heavy (non-hydrogen) atoms. The zero-order valence-electron chi connectivity index (χ0n) is 11.9. The van der Waals surface area contributed by atoms with E-state index >= 15 is 0 Å². The number of aromatic nitrogens is 4. The molecule has 0 aliphatic carbocycles. The van der Waals surface area contributed by atoms with Crippen molar-refractivity contribution in [1.82, 2.24) is 19.8 Å². The van der Waals surface area contributed by atoms with Crippen molar-refractivity contribution >= 4 is 11.5 Å². The third kappa shape index (κ3) is 3.08. The Balaban J connectivity index is 1.86. The Morgan fingerprint density at radius 1 is 1.13 bits per heavy atom. The molecule has 5 nitrogen and oxygen atoms in total. The van der Waals surface area contributed by atoms with Gasteiger partial charge in [0.15, 0.2) is 11.5 Å². The van der Waals surface area contributed by atoms with Gasteiger partial charge in [0.1, 0.15) is 11.6 Å². The van der Waals surface area contributed by atoms with Gasteiger partial charge in [0.25, 0.3) is 0 Å². The number of alkyl halides is 3. The lowest BCUT2D eigenvalue weighted by atomic mass is 10.1. The van der Waals surface area contributed by atoms with Crippen LogP contribution in [0.15, 0.2) is 30.3 Å². The summed E-state index contributed by atoms with van der Waals surface area (Å²) in [4.78, 5) is 0. The molecule has 0 saturated carbocycles. The van der Waals surface area contributed by atoms with E-state index in [0.29, 0.717) is 23.4 Å². The molecular weight excluding hydrogens is 314 g/mol. The van der Waals surface area contributed by atoms with Crippen molar-refractivity contribution in [3.8, 4) is 0 Å². The standard InChI is InChI=1S/C14H11F4N5/c1-8-20-21-13-5-4-12(22-23(8)13)19-7-9-2-3-10(15)6-11(9)14(16,17)18/h2-6H,7H2,1H3,(H,19,22). The van der Waals surface area contributed by atoms with Crippen molar-refractivity contribution in [2.75, 3.05) is 5.32 Å². The first-order valence-electron chi connectivity index (χ1n) is 6.63. The van der Waals surface area contributed by atoms with Gasteiger partial charge >= 0.3 is 6.18 Å².